The SMILES string of the molecule is CCc1nc2c(F)ccc(OCC(=O)O)c2c(OC(F)F)c1Cc1ccc(OC(F)(F)F)cc1. The second-order valence-electron chi connectivity index (χ2n) is 6.92. The first kappa shape index (κ1) is 24.9. The number of benzene rings is 2. The highest BCUT2D eigenvalue weighted by molar-refractivity contribution is 5.93. The molecule has 0 radical (unpaired) electrons. The van der Waals surface area contributed by atoms with Crippen molar-refractivity contribution in [2.45, 2.75) is 32.7 Å². The minimum Gasteiger partial charge on any atom is -0.481 e. The summed E-state index contributed by atoms with van der Waals surface area (Å²) in [5, 5.41) is 8.61. The van der Waals surface area contributed by atoms with Crippen molar-refractivity contribution in [2.24, 2.45) is 0 Å². The van der Waals surface area contributed by atoms with Crippen molar-refractivity contribution < 1.29 is 50.5 Å². The van der Waals surface area contributed by atoms with Gasteiger partial charge in [-0.3, -0.25) is 0 Å². The zero-order valence-electron chi connectivity index (χ0n) is 17.5. The largest absolute Gasteiger partial charge is 0.573 e. The Morgan fingerprint density at radius 2 is 1.79 bits per heavy atom. The highest BCUT2D eigenvalue weighted by Gasteiger charge is 2.31. The number of hydrogen-bond donors (Lipinski definition) is 1. The molecule has 0 saturated heterocycles. The fraction of sp³-hybridized carbons (Fsp3) is 0.273. The maximum absolute atomic E-state index is 14.6. The second-order valence-corrected chi connectivity index (χ2v) is 6.92. The number of alkyl halides is 5. The van der Waals surface area contributed by atoms with Gasteiger partial charge >= 0.3 is 18.9 Å². The van der Waals surface area contributed by atoms with E-state index in [2.05, 4.69) is 9.72 Å². The fourth-order valence-corrected chi connectivity index (χ4v) is 3.33. The summed E-state index contributed by atoms with van der Waals surface area (Å²) in [5.41, 5.74) is 0.362. The third-order valence-electron chi connectivity index (χ3n) is 4.62. The van der Waals surface area contributed by atoms with Gasteiger partial charge in [-0.15, -0.1) is 13.2 Å². The third-order valence-corrected chi connectivity index (χ3v) is 4.62. The van der Waals surface area contributed by atoms with Crippen LogP contribution in [-0.4, -0.2) is 35.6 Å². The van der Waals surface area contributed by atoms with Crippen LogP contribution in [0.4, 0.5) is 26.3 Å². The van der Waals surface area contributed by atoms with Gasteiger partial charge in [0.15, 0.2) is 6.61 Å². The molecule has 0 aliphatic rings. The minimum atomic E-state index is -4.88. The standard InChI is InChI=1S/C22H17F6NO5/c1-2-15-13(9-11-3-5-12(6-4-11)34-22(26,27)28)20(33-21(24)25)18-16(32-10-17(30)31)8-7-14(23)19(18)29-15/h3-8,21H,2,9-10H2,1H3,(H,30,31). The number of ether oxygens (including phenoxy) is 3. The van der Waals surface area contributed by atoms with Crippen LogP contribution in [0.2, 0.25) is 0 Å². The van der Waals surface area contributed by atoms with E-state index in [0.717, 1.165) is 24.3 Å². The lowest BCUT2D eigenvalue weighted by Crippen LogP contribution is -2.17. The Hall–Kier alpha value is -3.70. The van der Waals surface area contributed by atoms with Crippen LogP contribution in [0.15, 0.2) is 36.4 Å². The molecule has 182 valence electrons. The van der Waals surface area contributed by atoms with Gasteiger partial charge < -0.3 is 19.3 Å². The van der Waals surface area contributed by atoms with Gasteiger partial charge in [0.2, 0.25) is 0 Å². The molecule has 6 nitrogen and oxygen atoms in total. The van der Waals surface area contributed by atoms with Crippen molar-refractivity contribution in [3.05, 3.63) is 59.0 Å². The maximum Gasteiger partial charge on any atom is 0.573 e. The second kappa shape index (κ2) is 10.1. The predicted octanol–water partition coefficient (Wildman–Crippen LogP) is 5.49. The van der Waals surface area contributed by atoms with E-state index in [1.807, 2.05) is 0 Å². The van der Waals surface area contributed by atoms with E-state index >= 15 is 0 Å². The minimum absolute atomic E-state index is 0.116. The molecule has 0 aliphatic heterocycles. The van der Waals surface area contributed by atoms with E-state index in [1.165, 1.54) is 12.1 Å². The first-order valence-electron chi connectivity index (χ1n) is 9.76. The number of aryl methyl sites for hydroxylation is 1. The number of halogens is 6. The molecule has 0 spiro atoms. The summed E-state index contributed by atoms with van der Waals surface area (Å²) < 4.78 is 92.2. The van der Waals surface area contributed by atoms with Crippen molar-refractivity contribution in [1.82, 2.24) is 4.98 Å². The molecule has 0 saturated carbocycles. The van der Waals surface area contributed by atoms with Crippen LogP contribution in [-0.2, 0) is 17.6 Å². The Morgan fingerprint density at radius 1 is 1.12 bits per heavy atom. The monoisotopic (exact) mass is 489 g/mol. The van der Waals surface area contributed by atoms with Crippen LogP contribution in [0, 0.1) is 5.82 Å². The number of carboxylic acids is 1. The number of carbonyl (C=O) groups is 1. The van der Waals surface area contributed by atoms with Gasteiger partial charge in [0.25, 0.3) is 0 Å². The molecule has 2 aromatic carbocycles. The Labute approximate surface area is 188 Å². The molecule has 3 rings (SSSR count). The van der Waals surface area contributed by atoms with Crippen molar-refractivity contribution >= 4 is 16.9 Å². The smallest absolute Gasteiger partial charge is 0.481 e. The van der Waals surface area contributed by atoms with Gasteiger partial charge in [-0.05, 0) is 36.2 Å². The summed E-state index contributed by atoms with van der Waals surface area (Å²) in [6.07, 6.45) is -4.82. The summed E-state index contributed by atoms with van der Waals surface area (Å²) in [6.45, 7) is -2.51. The Bertz CT molecular complexity index is 1180. The van der Waals surface area contributed by atoms with E-state index in [-0.39, 0.29) is 40.8 Å². The molecule has 34 heavy (non-hydrogen) atoms. The molecular formula is C22H17F6NO5. The van der Waals surface area contributed by atoms with Gasteiger partial charge in [-0.1, -0.05) is 19.1 Å². The average molecular weight is 489 g/mol. The van der Waals surface area contributed by atoms with Crippen molar-refractivity contribution in [3.8, 4) is 17.2 Å². The van der Waals surface area contributed by atoms with Crippen LogP contribution in [0.25, 0.3) is 10.9 Å². The Kier molecular flexibility index (Phi) is 7.38. The van der Waals surface area contributed by atoms with Crippen LogP contribution in [0.1, 0.15) is 23.7 Å². The van der Waals surface area contributed by atoms with Crippen LogP contribution >= 0.6 is 0 Å². The van der Waals surface area contributed by atoms with Gasteiger partial charge in [-0.25, -0.2) is 14.2 Å². The first-order valence-corrected chi connectivity index (χ1v) is 9.76. The van der Waals surface area contributed by atoms with Crippen molar-refractivity contribution in [2.75, 3.05) is 6.61 Å². The fourth-order valence-electron chi connectivity index (χ4n) is 3.33. The zero-order chi connectivity index (χ0) is 25.0. The van der Waals surface area contributed by atoms with Crippen LogP contribution < -0.4 is 14.2 Å². The number of fused-ring (bicyclic) bond motifs is 1. The van der Waals surface area contributed by atoms with E-state index in [0.29, 0.717) is 5.56 Å². The Morgan fingerprint density at radius 3 is 2.35 bits per heavy atom. The Balaban J connectivity index is 2.15. The summed E-state index contributed by atoms with van der Waals surface area (Å²) in [7, 11) is 0. The number of hydrogen-bond acceptors (Lipinski definition) is 5. The highest BCUT2D eigenvalue weighted by Crippen LogP contribution is 2.40. The molecule has 0 atom stereocenters. The highest BCUT2D eigenvalue weighted by atomic mass is 19.4. The molecule has 1 N–H and O–H groups in total. The first-order chi connectivity index (χ1) is 16.0. The topological polar surface area (TPSA) is 77.9 Å². The van der Waals surface area contributed by atoms with Gasteiger partial charge in [0.05, 0.1) is 5.39 Å². The van der Waals surface area contributed by atoms with Crippen molar-refractivity contribution in [1.29, 1.82) is 0 Å². The van der Waals surface area contributed by atoms with Crippen molar-refractivity contribution in [3.63, 3.8) is 0 Å². The predicted molar refractivity (Wildman–Crippen MR) is 107 cm³/mol. The van der Waals surface area contributed by atoms with Gasteiger partial charge in [0.1, 0.15) is 28.6 Å². The summed E-state index contributed by atoms with van der Waals surface area (Å²) in [5.74, 6) is -3.40. The number of aromatic nitrogens is 1. The number of rotatable bonds is 9. The van der Waals surface area contributed by atoms with Crippen LogP contribution in [0.3, 0.4) is 0 Å². The summed E-state index contributed by atoms with van der Waals surface area (Å²) >= 11 is 0. The quantitative estimate of drug-likeness (QED) is 0.401. The maximum atomic E-state index is 14.6. The lowest BCUT2D eigenvalue weighted by Gasteiger charge is -2.19. The summed E-state index contributed by atoms with van der Waals surface area (Å²) in [4.78, 5) is 15.1. The molecule has 12 heteroatoms. The summed E-state index contributed by atoms with van der Waals surface area (Å²) in [6, 6.07) is 6.72. The number of pyridine rings is 1. The zero-order valence-corrected chi connectivity index (χ0v) is 17.5. The molecule has 0 amide bonds. The molecule has 3 aromatic rings. The normalized spacial score (nSPS) is 11.6. The van der Waals surface area contributed by atoms with E-state index in [4.69, 9.17) is 14.6 Å². The van der Waals surface area contributed by atoms with E-state index < -0.39 is 42.9 Å². The lowest BCUT2D eigenvalue weighted by molar-refractivity contribution is -0.274. The molecule has 1 heterocycles. The number of nitrogens with zero attached hydrogens (tertiary/aromatic N) is 1. The van der Waals surface area contributed by atoms with Gasteiger partial charge in [-0.2, -0.15) is 8.78 Å². The number of carboxylic acid groups (broad SMARTS) is 1. The average Bonchev–Trinajstić information content (AvgIpc) is 2.74. The molecule has 1 aromatic heterocycles. The lowest BCUT2D eigenvalue weighted by atomic mass is 9.98. The number of aliphatic carboxylic acids is 1. The third kappa shape index (κ3) is 6.00. The molecule has 0 bridgehead atoms. The van der Waals surface area contributed by atoms with Gasteiger partial charge in [0, 0.05) is 17.7 Å². The van der Waals surface area contributed by atoms with Crippen LogP contribution in [0.5, 0.6) is 17.2 Å². The molecular weight excluding hydrogens is 472 g/mol. The molecule has 0 fully saturated rings. The molecule has 0 unspecified atom stereocenters. The van der Waals surface area contributed by atoms with E-state index in [9.17, 15) is 31.1 Å². The molecule has 0 aliphatic carbocycles. The van der Waals surface area contributed by atoms with E-state index in [1.54, 1.807) is 6.92 Å².